The van der Waals surface area contributed by atoms with Gasteiger partial charge in [0.2, 0.25) is 5.88 Å². The molecule has 1 aliphatic carbocycles. The van der Waals surface area contributed by atoms with Gasteiger partial charge in [0.15, 0.2) is 0 Å². The minimum Gasteiger partial charge on any atom is -0.368 e. The van der Waals surface area contributed by atoms with Gasteiger partial charge in [0.25, 0.3) is 0 Å². The molecule has 1 heterocycles. The number of aromatic nitrogens is 1. The molecule has 112 valence electrons. The second-order valence-electron chi connectivity index (χ2n) is 6.79. The molecule has 0 radical (unpaired) electrons. The maximum atomic E-state index is 6.50. The van der Waals surface area contributed by atoms with E-state index in [1.807, 2.05) is 6.07 Å². The Balaban J connectivity index is 1.82. The van der Waals surface area contributed by atoms with Gasteiger partial charge in [-0.3, -0.25) is 0 Å². The van der Waals surface area contributed by atoms with Crippen LogP contribution in [0.3, 0.4) is 0 Å². The molecule has 1 aromatic carbocycles. The fourth-order valence-corrected chi connectivity index (χ4v) is 3.49. The van der Waals surface area contributed by atoms with Crippen LogP contribution in [0.15, 0.2) is 28.8 Å². The third-order valence-electron chi connectivity index (χ3n) is 4.60. The average molecular weight is 305 g/mol. The van der Waals surface area contributed by atoms with Gasteiger partial charge < -0.3 is 10.3 Å². The van der Waals surface area contributed by atoms with Crippen molar-refractivity contribution < 1.29 is 4.52 Å². The molecule has 1 aliphatic rings. The number of hydrogen-bond donors (Lipinski definition) is 1. The zero-order valence-corrected chi connectivity index (χ0v) is 13.3. The molecule has 2 aromatic rings. The molecule has 0 amide bonds. The molecule has 21 heavy (non-hydrogen) atoms. The van der Waals surface area contributed by atoms with Crippen LogP contribution in [0, 0.1) is 5.41 Å². The molecule has 1 fully saturated rings. The highest BCUT2D eigenvalue weighted by Crippen LogP contribution is 2.44. The predicted octanol–water partition coefficient (Wildman–Crippen LogP) is 5.26. The monoisotopic (exact) mass is 304 g/mol. The zero-order chi connectivity index (χ0) is 15.0. The van der Waals surface area contributed by atoms with Gasteiger partial charge in [-0.05, 0) is 48.6 Å². The highest BCUT2D eigenvalue weighted by atomic mass is 35.5. The van der Waals surface area contributed by atoms with Crippen molar-refractivity contribution in [2.75, 3.05) is 5.73 Å². The van der Waals surface area contributed by atoms with Gasteiger partial charge in [-0.25, -0.2) is 0 Å². The zero-order valence-electron chi connectivity index (χ0n) is 12.5. The van der Waals surface area contributed by atoms with E-state index in [-0.39, 0.29) is 0 Å². The van der Waals surface area contributed by atoms with E-state index in [1.54, 1.807) is 6.07 Å². The number of nitrogens with two attached hydrogens (primary N) is 1. The summed E-state index contributed by atoms with van der Waals surface area (Å²) in [6.07, 6.45) is 4.94. The summed E-state index contributed by atoms with van der Waals surface area (Å²) in [5, 5.41) is 4.75. The van der Waals surface area contributed by atoms with Crippen LogP contribution in [0.4, 0.5) is 5.88 Å². The van der Waals surface area contributed by atoms with E-state index in [0.29, 0.717) is 17.2 Å². The lowest BCUT2D eigenvalue weighted by atomic mass is 9.71. The summed E-state index contributed by atoms with van der Waals surface area (Å²) in [7, 11) is 0. The standard InChI is InChI=1S/C17H21ClN2O/c1-17(2)7-5-11(6-8-17)13-4-3-12(9-14(13)18)15-10-16(19)21-20-15/h3-4,9-11H,5-8,19H2,1-2H3. The second kappa shape index (κ2) is 5.38. The molecule has 2 N–H and O–H groups in total. The van der Waals surface area contributed by atoms with Crippen LogP contribution < -0.4 is 5.73 Å². The first-order valence-electron chi connectivity index (χ1n) is 7.47. The number of halogens is 1. The topological polar surface area (TPSA) is 52.0 Å². The van der Waals surface area contributed by atoms with Gasteiger partial charge in [0, 0.05) is 16.7 Å². The van der Waals surface area contributed by atoms with Crippen molar-refractivity contribution in [1.29, 1.82) is 0 Å². The summed E-state index contributed by atoms with van der Waals surface area (Å²) in [5.74, 6) is 0.890. The van der Waals surface area contributed by atoms with Crippen molar-refractivity contribution in [2.45, 2.75) is 45.4 Å². The van der Waals surface area contributed by atoms with E-state index in [2.05, 4.69) is 31.1 Å². The molecule has 1 saturated carbocycles. The van der Waals surface area contributed by atoms with Gasteiger partial charge >= 0.3 is 0 Å². The van der Waals surface area contributed by atoms with Crippen molar-refractivity contribution in [3.8, 4) is 11.3 Å². The maximum absolute atomic E-state index is 6.50. The van der Waals surface area contributed by atoms with Crippen LogP contribution in [-0.2, 0) is 0 Å². The lowest BCUT2D eigenvalue weighted by Gasteiger charge is -2.34. The molecule has 3 rings (SSSR count). The summed E-state index contributed by atoms with van der Waals surface area (Å²) in [5.41, 5.74) is 8.97. The average Bonchev–Trinajstić information content (AvgIpc) is 2.86. The highest BCUT2D eigenvalue weighted by Gasteiger charge is 2.28. The molecule has 1 aromatic heterocycles. The van der Waals surface area contributed by atoms with E-state index in [9.17, 15) is 0 Å². The number of hydrogen-bond acceptors (Lipinski definition) is 3. The summed E-state index contributed by atoms with van der Waals surface area (Å²) in [6.45, 7) is 4.70. The number of benzene rings is 1. The van der Waals surface area contributed by atoms with Crippen LogP contribution >= 0.6 is 11.6 Å². The largest absolute Gasteiger partial charge is 0.368 e. The Labute approximate surface area is 130 Å². The summed E-state index contributed by atoms with van der Waals surface area (Å²) in [4.78, 5) is 0. The van der Waals surface area contributed by atoms with E-state index in [0.717, 1.165) is 16.3 Å². The Hall–Kier alpha value is -1.48. The molecule has 0 saturated heterocycles. The van der Waals surface area contributed by atoms with Crippen LogP contribution in [0.5, 0.6) is 0 Å². The Bertz CT molecular complexity index is 638. The third kappa shape index (κ3) is 3.08. The summed E-state index contributed by atoms with van der Waals surface area (Å²) < 4.78 is 4.91. The first-order chi connectivity index (χ1) is 9.94. The Morgan fingerprint density at radius 2 is 1.95 bits per heavy atom. The van der Waals surface area contributed by atoms with Crippen LogP contribution in [0.2, 0.25) is 5.02 Å². The molecule has 0 bridgehead atoms. The lowest BCUT2D eigenvalue weighted by Crippen LogP contribution is -2.20. The number of nitrogens with zero attached hydrogens (tertiary/aromatic N) is 1. The Morgan fingerprint density at radius 3 is 2.52 bits per heavy atom. The van der Waals surface area contributed by atoms with Gasteiger partial charge in [-0.15, -0.1) is 0 Å². The van der Waals surface area contributed by atoms with Crippen molar-refractivity contribution in [3.63, 3.8) is 0 Å². The fourth-order valence-electron chi connectivity index (χ4n) is 3.15. The number of rotatable bonds is 2. The Morgan fingerprint density at radius 1 is 1.24 bits per heavy atom. The van der Waals surface area contributed by atoms with Crippen molar-refractivity contribution >= 4 is 17.5 Å². The number of nitrogen functional groups attached to an aromatic ring is 1. The summed E-state index contributed by atoms with van der Waals surface area (Å²) >= 11 is 6.50. The molecular weight excluding hydrogens is 284 g/mol. The van der Waals surface area contributed by atoms with E-state index >= 15 is 0 Å². The molecule has 0 spiro atoms. The molecule has 0 atom stereocenters. The smallest absolute Gasteiger partial charge is 0.222 e. The first-order valence-corrected chi connectivity index (χ1v) is 7.84. The SMILES string of the molecule is CC1(C)CCC(c2ccc(-c3cc(N)on3)cc2Cl)CC1. The van der Waals surface area contributed by atoms with Gasteiger partial charge in [-0.2, -0.15) is 0 Å². The van der Waals surface area contributed by atoms with Crippen LogP contribution in [0.1, 0.15) is 51.0 Å². The number of anilines is 1. The van der Waals surface area contributed by atoms with E-state index in [4.69, 9.17) is 21.9 Å². The van der Waals surface area contributed by atoms with Crippen LogP contribution in [-0.4, -0.2) is 5.16 Å². The van der Waals surface area contributed by atoms with E-state index in [1.165, 1.54) is 31.2 Å². The second-order valence-corrected chi connectivity index (χ2v) is 7.20. The quantitative estimate of drug-likeness (QED) is 0.823. The fraction of sp³-hybridized carbons (Fsp3) is 0.471. The maximum Gasteiger partial charge on any atom is 0.222 e. The molecule has 0 unspecified atom stereocenters. The van der Waals surface area contributed by atoms with Gasteiger partial charge in [0.1, 0.15) is 5.69 Å². The van der Waals surface area contributed by atoms with Gasteiger partial charge in [0.05, 0.1) is 0 Å². The normalized spacial score (nSPS) is 18.8. The highest BCUT2D eigenvalue weighted by molar-refractivity contribution is 6.31. The Kier molecular flexibility index (Phi) is 3.70. The van der Waals surface area contributed by atoms with Crippen LogP contribution in [0.25, 0.3) is 11.3 Å². The van der Waals surface area contributed by atoms with Crippen molar-refractivity contribution in [3.05, 3.63) is 34.9 Å². The van der Waals surface area contributed by atoms with Crippen molar-refractivity contribution in [2.24, 2.45) is 5.41 Å². The molecule has 4 heteroatoms. The summed E-state index contributed by atoms with van der Waals surface area (Å²) in [6, 6.07) is 7.87. The molecule has 0 aliphatic heterocycles. The minimum atomic E-state index is 0.319. The van der Waals surface area contributed by atoms with Crippen molar-refractivity contribution in [1.82, 2.24) is 5.16 Å². The molecular formula is C17H21ClN2O. The molecule has 3 nitrogen and oxygen atoms in total. The minimum absolute atomic E-state index is 0.319. The third-order valence-corrected chi connectivity index (χ3v) is 4.93. The predicted molar refractivity (Wildman–Crippen MR) is 86.4 cm³/mol. The van der Waals surface area contributed by atoms with E-state index < -0.39 is 0 Å². The van der Waals surface area contributed by atoms with Gasteiger partial charge in [-0.1, -0.05) is 42.7 Å². The first kappa shape index (κ1) is 14.5. The lowest BCUT2D eigenvalue weighted by molar-refractivity contribution is 0.224.